The van der Waals surface area contributed by atoms with Crippen molar-refractivity contribution in [1.82, 2.24) is 15.6 Å². The lowest BCUT2D eigenvalue weighted by Crippen LogP contribution is -2.53. The molecule has 0 aliphatic heterocycles. The first kappa shape index (κ1) is 26.7. The van der Waals surface area contributed by atoms with Crippen LogP contribution < -0.4 is 10.6 Å². The maximum atomic E-state index is 13.7. The largest absolute Gasteiger partial charge is 0.344 e. The SMILES string of the molecule is CCC(C(=N)C(=O)C(NC(=O)C(C)NC)C1CCCCC1)c1cncc(-c2cc(C)cc(C)c2)c1. The number of nitrogens with one attached hydrogen (secondary N) is 3. The molecular weight excluding hydrogens is 436 g/mol. The lowest BCUT2D eigenvalue weighted by atomic mass is 9.78. The molecule has 188 valence electrons. The van der Waals surface area contributed by atoms with Crippen molar-refractivity contribution in [2.24, 2.45) is 5.92 Å². The summed E-state index contributed by atoms with van der Waals surface area (Å²) in [6.45, 7) is 7.92. The summed E-state index contributed by atoms with van der Waals surface area (Å²) in [4.78, 5) is 30.9. The Morgan fingerprint density at radius 2 is 1.69 bits per heavy atom. The van der Waals surface area contributed by atoms with Gasteiger partial charge in [0.05, 0.1) is 17.8 Å². The molecule has 3 N–H and O–H groups in total. The lowest BCUT2D eigenvalue weighted by Gasteiger charge is -2.32. The summed E-state index contributed by atoms with van der Waals surface area (Å²) in [6, 6.07) is 7.39. The highest BCUT2D eigenvalue weighted by atomic mass is 16.2. The van der Waals surface area contributed by atoms with Gasteiger partial charge in [0.1, 0.15) is 0 Å². The van der Waals surface area contributed by atoms with Gasteiger partial charge in [-0.25, -0.2) is 0 Å². The van der Waals surface area contributed by atoms with E-state index >= 15 is 0 Å². The number of benzene rings is 1. The number of aromatic nitrogens is 1. The van der Waals surface area contributed by atoms with Crippen LogP contribution in [0.1, 0.15) is 75.0 Å². The van der Waals surface area contributed by atoms with Gasteiger partial charge >= 0.3 is 0 Å². The Labute approximate surface area is 209 Å². The minimum Gasteiger partial charge on any atom is -0.344 e. The number of carbonyl (C=O) groups excluding carboxylic acids is 2. The van der Waals surface area contributed by atoms with Crippen LogP contribution in [-0.4, -0.2) is 41.5 Å². The van der Waals surface area contributed by atoms with Gasteiger partial charge in [0.15, 0.2) is 5.78 Å². The van der Waals surface area contributed by atoms with E-state index in [4.69, 9.17) is 5.41 Å². The van der Waals surface area contributed by atoms with E-state index in [1.54, 1.807) is 20.2 Å². The third-order valence-corrected chi connectivity index (χ3v) is 7.27. The molecule has 1 aliphatic carbocycles. The number of likely N-dealkylation sites (N-methyl/N-ethyl adjacent to an activating group) is 1. The fourth-order valence-corrected chi connectivity index (χ4v) is 5.17. The summed E-state index contributed by atoms with van der Waals surface area (Å²) >= 11 is 0. The topological polar surface area (TPSA) is 94.9 Å². The van der Waals surface area contributed by atoms with E-state index in [0.717, 1.165) is 48.8 Å². The summed E-state index contributed by atoms with van der Waals surface area (Å²) in [5.74, 6) is -0.764. The number of hydrogen-bond acceptors (Lipinski definition) is 5. The van der Waals surface area contributed by atoms with E-state index in [9.17, 15) is 9.59 Å². The predicted molar refractivity (Wildman–Crippen MR) is 142 cm³/mol. The van der Waals surface area contributed by atoms with E-state index in [0.29, 0.717) is 6.42 Å². The second kappa shape index (κ2) is 12.2. The summed E-state index contributed by atoms with van der Waals surface area (Å²) in [6.07, 6.45) is 9.28. The van der Waals surface area contributed by atoms with Crippen molar-refractivity contribution in [2.75, 3.05) is 7.05 Å². The number of aryl methyl sites for hydroxylation is 2. The van der Waals surface area contributed by atoms with Crippen LogP contribution in [0.4, 0.5) is 0 Å². The molecule has 0 saturated heterocycles. The Kier molecular flexibility index (Phi) is 9.33. The summed E-state index contributed by atoms with van der Waals surface area (Å²) in [7, 11) is 1.73. The fraction of sp³-hybridized carbons (Fsp3) is 0.517. The van der Waals surface area contributed by atoms with E-state index < -0.39 is 12.1 Å². The smallest absolute Gasteiger partial charge is 0.237 e. The van der Waals surface area contributed by atoms with E-state index in [1.165, 1.54) is 11.1 Å². The fourth-order valence-electron chi connectivity index (χ4n) is 5.17. The van der Waals surface area contributed by atoms with Crippen LogP contribution in [-0.2, 0) is 9.59 Å². The first-order chi connectivity index (χ1) is 16.7. The summed E-state index contributed by atoms with van der Waals surface area (Å²) < 4.78 is 0. The summed E-state index contributed by atoms with van der Waals surface area (Å²) in [5, 5.41) is 14.9. The van der Waals surface area contributed by atoms with Gasteiger partial charge < -0.3 is 16.0 Å². The Bertz CT molecular complexity index is 1040. The molecule has 1 fully saturated rings. The van der Waals surface area contributed by atoms with Crippen molar-refractivity contribution in [3.05, 3.63) is 53.3 Å². The molecule has 3 atom stereocenters. The Morgan fingerprint density at radius 3 is 2.29 bits per heavy atom. The van der Waals surface area contributed by atoms with Crippen LogP contribution in [0.3, 0.4) is 0 Å². The minimum absolute atomic E-state index is 0.0554. The molecule has 1 aromatic heterocycles. The van der Waals surface area contributed by atoms with Crippen LogP contribution >= 0.6 is 0 Å². The van der Waals surface area contributed by atoms with Crippen LogP contribution in [0, 0.1) is 25.2 Å². The van der Waals surface area contributed by atoms with Crippen LogP contribution in [0.15, 0.2) is 36.7 Å². The average molecular weight is 477 g/mol. The zero-order chi connectivity index (χ0) is 25.5. The molecule has 6 heteroatoms. The number of Topliss-reactive ketones (excluding diaryl/α,β-unsaturated/α-hetero) is 1. The molecule has 3 unspecified atom stereocenters. The molecule has 35 heavy (non-hydrogen) atoms. The monoisotopic (exact) mass is 476 g/mol. The Hall–Kier alpha value is -2.86. The van der Waals surface area contributed by atoms with Crippen LogP contribution in [0.5, 0.6) is 0 Å². The average Bonchev–Trinajstić information content (AvgIpc) is 2.86. The zero-order valence-corrected chi connectivity index (χ0v) is 21.8. The number of ketones is 1. The molecule has 0 radical (unpaired) electrons. The number of hydrogen-bond donors (Lipinski definition) is 3. The van der Waals surface area contributed by atoms with Crippen molar-refractivity contribution in [1.29, 1.82) is 5.41 Å². The normalized spacial score (nSPS) is 16.8. The standard InChI is InChI=1S/C29H40N4O2/c1-6-25(24-15-23(16-32-17-24)22-13-18(2)12-19(3)14-22)26(30)28(34)27(21-10-8-7-9-11-21)33-29(35)20(4)31-5/h12-17,20-21,25,27,30-31H,6-11H2,1-5H3,(H,33,35). The Balaban J connectivity index is 1.89. The summed E-state index contributed by atoms with van der Waals surface area (Å²) in [5.41, 5.74) is 5.34. The third kappa shape index (κ3) is 6.63. The van der Waals surface area contributed by atoms with Gasteiger partial charge in [-0.1, -0.05) is 55.5 Å². The molecule has 1 aromatic carbocycles. The highest BCUT2D eigenvalue weighted by Gasteiger charge is 2.36. The van der Waals surface area contributed by atoms with Crippen LogP contribution in [0.2, 0.25) is 0 Å². The van der Waals surface area contributed by atoms with Gasteiger partial charge in [-0.3, -0.25) is 14.6 Å². The van der Waals surface area contributed by atoms with Gasteiger partial charge in [-0.15, -0.1) is 0 Å². The van der Waals surface area contributed by atoms with Gasteiger partial charge in [-0.05, 0) is 70.2 Å². The molecule has 2 aromatic rings. The number of carbonyl (C=O) groups is 2. The van der Waals surface area contributed by atoms with Crippen molar-refractivity contribution < 1.29 is 9.59 Å². The third-order valence-electron chi connectivity index (χ3n) is 7.27. The molecule has 0 spiro atoms. The van der Waals surface area contributed by atoms with Gasteiger partial charge in [-0.2, -0.15) is 0 Å². The number of pyridine rings is 1. The highest BCUT2D eigenvalue weighted by Crippen LogP contribution is 2.31. The maximum Gasteiger partial charge on any atom is 0.237 e. The predicted octanol–water partition coefficient (Wildman–Crippen LogP) is 5.12. The quantitative estimate of drug-likeness (QED) is 0.415. The first-order valence-corrected chi connectivity index (χ1v) is 12.9. The van der Waals surface area contributed by atoms with Gasteiger partial charge in [0.25, 0.3) is 0 Å². The molecular formula is C29H40N4O2. The Morgan fingerprint density at radius 1 is 1.03 bits per heavy atom. The van der Waals surface area contributed by atoms with Crippen molar-refractivity contribution in [2.45, 2.75) is 84.2 Å². The number of amides is 1. The second-order valence-corrected chi connectivity index (χ2v) is 10.0. The molecule has 1 saturated carbocycles. The number of rotatable bonds is 10. The highest BCUT2D eigenvalue weighted by molar-refractivity contribution is 6.42. The van der Waals surface area contributed by atoms with Gasteiger partial charge in [0.2, 0.25) is 5.91 Å². The first-order valence-electron chi connectivity index (χ1n) is 12.9. The zero-order valence-electron chi connectivity index (χ0n) is 21.8. The minimum atomic E-state index is -0.657. The van der Waals surface area contributed by atoms with Gasteiger partial charge in [0, 0.05) is 23.9 Å². The van der Waals surface area contributed by atoms with E-state index in [-0.39, 0.29) is 29.2 Å². The van der Waals surface area contributed by atoms with E-state index in [1.807, 2.05) is 13.1 Å². The molecule has 6 nitrogen and oxygen atoms in total. The molecule has 0 bridgehead atoms. The second-order valence-electron chi connectivity index (χ2n) is 10.0. The molecule has 1 heterocycles. The lowest BCUT2D eigenvalue weighted by molar-refractivity contribution is -0.127. The van der Waals surface area contributed by atoms with Crippen molar-refractivity contribution in [3.63, 3.8) is 0 Å². The van der Waals surface area contributed by atoms with Crippen molar-refractivity contribution in [3.8, 4) is 11.1 Å². The molecule has 3 rings (SSSR count). The molecule has 1 aliphatic rings. The van der Waals surface area contributed by atoms with Crippen molar-refractivity contribution >= 4 is 17.4 Å². The molecule has 1 amide bonds. The maximum absolute atomic E-state index is 13.7. The van der Waals surface area contributed by atoms with E-state index in [2.05, 4.69) is 53.7 Å². The van der Waals surface area contributed by atoms with Crippen LogP contribution in [0.25, 0.3) is 11.1 Å². The number of nitrogens with zero attached hydrogens (tertiary/aromatic N) is 1.